The molecule has 6 heteroatoms. The number of rotatable bonds is 8. The number of aryl methyl sites for hydroxylation is 1. The summed E-state index contributed by atoms with van der Waals surface area (Å²) in [6.07, 6.45) is 2.49. The molecule has 1 aromatic heterocycles. The Kier molecular flexibility index (Phi) is 7.38. The number of methoxy groups -OCH3 is 1. The Bertz CT molecular complexity index is 970. The molecule has 0 aliphatic carbocycles. The first-order valence-electron chi connectivity index (χ1n) is 9.98. The summed E-state index contributed by atoms with van der Waals surface area (Å²) in [5.41, 5.74) is 3.64. The summed E-state index contributed by atoms with van der Waals surface area (Å²) in [6, 6.07) is 6.66. The van der Waals surface area contributed by atoms with E-state index in [1.165, 1.54) is 12.0 Å². The number of ketones is 1. The third-order valence-corrected chi connectivity index (χ3v) is 5.60. The van der Waals surface area contributed by atoms with Crippen LogP contribution in [0.25, 0.3) is 0 Å². The number of hydrogen-bond donors (Lipinski definition) is 0. The Morgan fingerprint density at radius 1 is 1.20 bits per heavy atom. The van der Waals surface area contributed by atoms with E-state index < -0.39 is 12.0 Å². The summed E-state index contributed by atoms with van der Waals surface area (Å²) in [5.74, 6) is -0.964. The number of nitrogens with zero attached hydrogens (tertiary/aromatic N) is 2. The zero-order valence-electron chi connectivity index (χ0n) is 18.6. The molecule has 30 heavy (non-hydrogen) atoms. The number of hydrogen-bond acceptors (Lipinski definition) is 4. The normalized spacial score (nSPS) is 11.7. The number of ether oxygens (including phenoxy) is 1. The van der Waals surface area contributed by atoms with Crippen molar-refractivity contribution in [2.75, 3.05) is 13.7 Å². The first-order chi connectivity index (χ1) is 14.2. The van der Waals surface area contributed by atoms with Crippen LogP contribution in [0.1, 0.15) is 61.9 Å². The number of Topliss-reactive ketones (excluding diaryl/α,β-unsaturated/α-hetero) is 1. The van der Waals surface area contributed by atoms with Crippen LogP contribution in [0.5, 0.6) is 0 Å². The zero-order valence-corrected chi connectivity index (χ0v) is 18.6. The molecule has 1 atom stereocenters. The Labute approximate surface area is 178 Å². The van der Waals surface area contributed by atoms with Gasteiger partial charge in [-0.15, -0.1) is 6.58 Å². The van der Waals surface area contributed by atoms with Crippen LogP contribution in [-0.4, -0.2) is 46.8 Å². The molecule has 1 aromatic carbocycles. The summed E-state index contributed by atoms with van der Waals surface area (Å²) in [7, 11) is 3.03. The fraction of sp³-hybridized carbons (Fsp3) is 0.375. The third-order valence-electron chi connectivity index (χ3n) is 5.60. The maximum Gasteiger partial charge on any atom is 0.354 e. The van der Waals surface area contributed by atoms with Crippen molar-refractivity contribution < 1.29 is 19.1 Å². The maximum absolute atomic E-state index is 13.4. The Morgan fingerprint density at radius 3 is 2.30 bits per heavy atom. The molecule has 6 nitrogen and oxygen atoms in total. The van der Waals surface area contributed by atoms with Gasteiger partial charge in [-0.3, -0.25) is 9.59 Å². The number of benzene rings is 1. The van der Waals surface area contributed by atoms with Crippen LogP contribution in [-0.2, 0) is 18.2 Å². The fourth-order valence-electron chi connectivity index (χ4n) is 3.68. The van der Waals surface area contributed by atoms with E-state index in [4.69, 9.17) is 4.74 Å². The van der Waals surface area contributed by atoms with Crippen LogP contribution >= 0.6 is 0 Å². The standard InChI is InChI=1S/C24H30N2O4/c1-8-14-26(23(28)19-12-10-18(9-2)11-13-19)17(5)22(27)20-15(3)21(24(29)30-7)25(6)16(20)4/h8,10-13,17H,1,9,14H2,2-7H3/t17-/m1/s1. The van der Waals surface area contributed by atoms with Crippen molar-refractivity contribution in [2.24, 2.45) is 7.05 Å². The van der Waals surface area contributed by atoms with Gasteiger partial charge in [-0.2, -0.15) is 0 Å². The van der Waals surface area contributed by atoms with Crippen LogP contribution in [0, 0.1) is 13.8 Å². The average molecular weight is 411 g/mol. The molecule has 0 aliphatic heterocycles. The number of carbonyl (C=O) groups is 3. The van der Waals surface area contributed by atoms with E-state index in [0.29, 0.717) is 28.1 Å². The van der Waals surface area contributed by atoms with Gasteiger partial charge in [-0.25, -0.2) is 4.79 Å². The largest absolute Gasteiger partial charge is 0.464 e. The first kappa shape index (κ1) is 23.1. The van der Waals surface area contributed by atoms with Gasteiger partial charge in [0.1, 0.15) is 5.69 Å². The molecule has 0 bridgehead atoms. The molecule has 0 unspecified atom stereocenters. The van der Waals surface area contributed by atoms with Crippen molar-refractivity contribution in [3.63, 3.8) is 0 Å². The van der Waals surface area contributed by atoms with Crippen molar-refractivity contribution in [3.05, 3.63) is 70.6 Å². The molecule has 0 N–H and O–H groups in total. The highest BCUT2D eigenvalue weighted by molar-refractivity contribution is 6.07. The minimum absolute atomic E-state index is 0.226. The molecule has 2 rings (SSSR count). The molecule has 160 valence electrons. The van der Waals surface area contributed by atoms with Crippen molar-refractivity contribution in [1.29, 1.82) is 0 Å². The first-order valence-corrected chi connectivity index (χ1v) is 9.98. The molecule has 2 aromatic rings. The smallest absolute Gasteiger partial charge is 0.354 e. The topological polar surface area (TPSA) is 68.6 Å². The average Bonchev–Trinajstić information content (AvgIpc) is 2.98. The lowest BCUT2D eigenvalue weighted by atomic mass is 9.99. The summed E-state index contributed by atoms with van der Waals surface area (Å²) in [5, 5.41) is 0. The highest BCUT2D eigenvalue weighted by Crippen LogP contribution is 2.25. The van der Waals surface area contributed by atoms with Gasteiger partial charge in [0.15, 0.2) is 5.78 Å². The highest BCUT2D eigenvalue weighted by atomic mass is 16.5. The van der Waals surface area contributed by atoms with Gasteiger partial charge in [0.05, 0.1) is 13.2 Å². The summed E-state index contributed by atoms with van der Waals surface area (Å²) >= 11 is 0. The molecule has 0 aliphatic rings. The molecule has 0 saturated carbocycles. The van der Waals surface area contributed by atoms with Gasteiger partial charge < -0.3 is 14.2 Å². The van der Waals surface area contributed by atoms with Crippen LogP contribution in [0.3, 0.4) is 0 Å². The van der Waals surface area contributed by atoms with Gasteiger partial charge in [0.25, 0.3) is 5.91 Å². The van der Waals surface area contributed by atoms with Crippen molar-refractivity contribution >= 4 is 17.7 Å². The zero-order chi connectivity index (χ0) is 22.6. The second-order valence-electron chi connectivity index (χ2n) is 7.32. The number of amides is 1. The second-order valence-corrected chi connectivity index (χ2v) is 7.32. The van der Waals surface area contributed by atoms with Gasteiger partial charge >= 0.3 is 5.97 Å². The molecule has 0 radical (unpaired) electrons. The highest BCUT2D eigenvalue weighted by Gasteiger charge is 2.32. The lowest BCUT2D eigenvalue weighted by Crippen LogP contribution is -2.43. The fourth-order valence-corrected chi connectivity index (χ4v) is 3.68. The van der Waals surface area contributed by atoms with Crippen molar-refractivity contribution in [1.82, 2.24) is 9.47 Å². The van der Waals surface area contributed by atoms with Crippen molar-refractivity contribution in [2.45, 2.75) is 40.2 Å². The summed E-state index contributed by atoms with van der Waals surface area (Å²) in [4.78, 5) is 40.2. The monoisotopic (exact) mass is 410 g/mol. The quantitative estimate of drug-likeness (QED) is 0.376. The molecule has 0 saturated heterocycles. The van der Waals surface area contributed by atoms with Gasteiger partial charge in [0, 0.05) is 30.4 Å². The predicted molar refractivity (Wildman–Crippen MR) is 117 cm³/mol. The third kappa shape index (κ3) is 4.22. The number of aromatic nitrogens is 1. The summed E-state index contributed by atoms with van der Waals surface area (Å²) < 4.78 is 6.52. The van der Waals surface area contributed by atoms with E-state index in [1.807, 2.05) is 12.1 Å². The molecule has 0 spiro atoms. The number of esters is 1. The Balaban J connectivity index is 2.43. The van der Waals surface area contributed by atoms with Crippen LogP contribution in [0.2, 0.25) is 0 Å². The SMILES string of the molecule is C=CCN(C(=O)c1ccc(CC)cc1)[C@H](C)C(=O)c1c(C)c(C(=O)OC)n(C)c1C. The minimum atomic E-state index is -0.730. The lowest BCUT2D eigenvalue weighted by Gasteiger charge is -2.27. The molecular formula is C24H30N2O4. The molecule has 1 heterocycles. The van der Waals surface area contributed by atoms with Crippen LogP contribution < -0.4 is 0 Å². The molecular weight excluding hydrogens is 380 g/mol. The number of carbonyl (C=O) groups excluding carboxylic acids is 3. The van der Waals surface area contributed by atoms with E-state index in [9.17, 15) is 14.4 Å². The Morgan fingerprint density at radius 2 is 1.80 bits per heavy atom. The van der Waals surface area contributed by atoms with Gasteiger partial charge in [0.2, 0.25) is 0 Å². The van der Waals surface area contributed by atoms with E-state index in [1.54, 1.807) is 50.6 Å². The predicted octanol–water partition coefficient (Wildman–Crippen LogP) is 3.89. The van der Waals surface area contributed by atoms with Gasteiger partial charge in [-0.1, -0.05) is 25.1 Å². The van der Waals surface area contributed by atoms with E-state index in [-0.39, 0.29) is 18.2 Å². The van der Waals surface area contributed by atoms with E-state index in [0.717, 1.165) is 12.0 Å². The van der Waals surface area contributed by atoms with Crippen molar-refractivity contribution in [3.8, 4) is 0 Å². The van der Waals surface area contributed by atoms with E-state index in [2.05, 4.69) is 13.5 Å². The summed E-state index contributed by atoms with van der Waals surface area (Å²) in [6.45, 7) is 11.2. The lowest BCUT2D eigenvalue weighted by molar-refractivity contribution is 0.0588. The minimum Gasteiger partial charge on any atom is -0.464 e. The second kappa shape index (κ2) is 9.57. The molecule has 0 fully saturated rings. The van der Waals surface area contributed by atoms with E-state index >= 15 is 0 Å². The maximum atomic E-state index is 13.4. The van der Waals surface area contributed by atoms with Gasteiger partial charge in [-0.05, 0) is 50.5 Å². The van der Waals surface area contributed by atoms with Crippen LogP contribution in [0.4, 0.5) is 0 Å². The van der Waals surface area contributed by atoms with Crippen LogP contribution in [0.15, 0.2) is 36.9 Å². The molecule has 1 amide bonds. The Hall–Kier alpha value is -3.15.